The third-order valence-corrected chi connectivity index (χ3v) is 4.11. The van der Waals surface area contributed by atoms with E-state index in [2.05, 4.69) is 0 Å². The molecule has 0 fully saturated rings. The topological polar surface area (TPSA) is 104 Å². The molecule has 0 aromatic rings. The fraction of sp³-hybridized carbons (Fsp3) is 0.227. The molecule has 0 atom stereocenters. The van der Waals surface area contributed by atoms with Gasteiger partial charge in [0.2, 0.25) is 0 Å². The van der Waals surface area contributed by atoms with E-state index in [9.17, 15) is 5.26 Å². The molecule has 0 aromatic carbocycles. The van der Waals surface area contributed by atoms with E-state index in [1.165, 1.54) is 0 Å². The Kier molecular flexibility index (Phi) is 6.77. The SMILES string of the molecule is CC1(C)OC(=C(C#N)C#N)C(C#N)=C1/C=C/C=C/C=C1C=CN(CCO)C=C1. The average Bonchev–Trinajstić information content (AvgIpc) is 2.94. The highest BCUT2D eigenvalue weighted by atomic mass is 16.5. The van der Waals surface area contributed by atoms with Crippen LogP contribution in [0, 0.1) is 34.0 Å². The van der Waals surface area contributed by atoms with Crippen LogP contribution in [0.5, 0.6) is 0 Å². The standard InChI is InChI=1S/C22H20N4O2/c1-22(2)20(19(16-25)21(28-22)18(14-23)15-24)7-5-3-4-6-17-8-10-26(11-9-17)12-13-27/h3-11,27H,12-13H2,1-2H3/b4-3+,7-5+. The zero-order chi connectivity index (χ0) is 20.6. The van der Waals surface area contributed by atoms with Crippen molar-refractivity contribution in [3.8, 4) is 18.2 Å². The first-order valence-corrected chi connectivity index (χ1v) is 8.63. The number of hydrogen-bond acceptors (Lipinski definition) is 6. The molecule has 0 spiro atoms. The molecule has 0 aliphatic carbocycles. The number of nitriles is 3. The molecule has 2 aliphatic heterocycles. The maximum Gasteiger partial charge on any atom is 0.172 e. The Labute approximate surface area is 164 Å². The third-order valence-electron chi connectivity index (χ3n) is 4.11. The number of ether oxygens (including phenoxy) is 1. The van der Waals surface area contributed by atoms with Crippen LogP contribution >= 0.6 is 0 Å². The van der Waals surface area contributed by atoms with Crippen molar-refractivity contribution in [2.24, 2.45) is 0 Å². The predicted octanol–water partition coefficient (Wildman–Crippen LogP) is 3.29. The molecule has 0 aromatic heterocycles. The molecule has 2 heterocycles. The first-order valence-electron chi connectivity index (χ1n) is 8.63. The molecule has 0 radical (unpaired) electrons. The van der Waals surface area contributed by atoms with Gasteiger partial charge in [-0.2, -0.15) is 15.8 Å². The van der Waals surface area contributed by atoms with Gasteiger partial charge < -0.3 is 14.7 Å². The molecule has 0 bridgehead atoms. The average molecular weight is 372 g/mol. The van der Waals surface area contributed by atoms with Crippen LogP contribution in [0.2, 0.25) is 0 Å². The van der Waals surface area contributed by atoms with Gasteiger partial charge in [0.05, 0.1) is 6.61 Å². The Morgan fingerprint density at radius 1 is 1.14 bits per heavy atom. The van der Waals surface area contributed by atoms with Crippen molar-refractivity contribution in [1.29, 1.82) is 15.8 Å². The molecule has 0 unspecified atom stereocenters. The maximum absolute atomic E-state index is 9.47. The summed E-state index contributed by atoms with van der Waals surface area (Å²) in [5.41, 5.74) is 0.806. The van der Waals surface area contributed by atoms with Crippen LogP contribution in [0.3, 0.4) is 0 Å². The molecule has 28 heavy (non-hydrogen) atoms. The summed E-state index contributed by atoms with van der Waals surface area (Å²) in [7, 11) is 0. The minimum Gasteiger partial charge on any atom is -0.480 e. The number of aliphatic hydroxyl groups excluding tert-OH is 1. The first-order chi connectivity index (χ1) is 13.5. The molecule has 6 nitrogen and oxygen atoms in total. The Morgan fingerprint density at radius 3 is 2.39 bits per heavy atom. The minimum absolute atomic E-state index is 0.0353. The van der Waals surface area contributed by atoms with Gasteiger partial charge >= 0.3 is 0 Å². The van der Waals surface area contributed by atoms with Gasteiger partial charge in [-0.15, -0.1) is 0 Å². The van der Waals surface area contributed by atoms with Gasteiger partial charge in [-0.05, 0) is 31.6 Å². The van der Waals surface area contributed by atoms with E-state index in [1.807, 2.05) is 53.7 Å². The van der Waals surface area contributed by atoms with Crippen LogP contribution in [0.25, 0.3) is 0 Å². The predicted molar refractivity (Wildman–Crippen MR) is 104 cm³/mol. The molecule has 6 heteroatoms. The zero-order valence-electron chi connectivity index (χ0n) is 15.8. The summed E-state index contributed by atoms with van der Waals surface area (Å²) < 4.78 is 5.70. The van der Waals surface area contributed by atoms with E-state index in [1.54, 1.807) is 38.1 Å². The van der Waals surface area contributed by atoms with Crippen molar-refractivity contribution < 1.29 is 9.84 Å². The van der Waals surface area contributed by atoms with E-state index >= 15 is 0 Å². The van der Waals surface area contributed by atoms with Crippen LogP contribution in [-0.2, 0) is 4.74 Å². The second kappa shape index (κ2) is 9.24. The molecule has 140 valence electrons. The van der Waals surface area contributed by atoms with E-state index in [0.29, 0.717) is 12.1 Å². The molecular formula is C22H20N4O2. The molecule has 1 N–H and O–H groups in total. The largest absolute Gasteiger partial charge is 0.480 e. The smallest absolute Gasteiger partial charge is 0.172 e. The maximum atomic E-state index is 9.47. The van der Waals surface area contributed by atoms with Crippen molar-refractivity contribution in [1.82, 2.24) is 4.90 Å². The second-order valence-corrected chi connectivity index (χ2v) is 6.44. The van der Waals surface area contributed by atoms with Crippen LogP contribution in [0.15, 0.2) is 83.0 Å². The third kappa shape index (κ3) is 4.68. The number of rotatable bonds is 5. The molecular weight excluding hydrogens is 352 g/mol. The van der Waals surface area contributed by atoms with Crippen LogP contribution < -0.4 is 0 Å². The fourth-order valence-electron chi connectivity index (χ4n) is 2.71. The second-order valence-electron chi connectivity index (χ2n) is 6.44. The Morgan fingerprint density at radius 2 is 1.82 bits per heavy atom. The van der Waals surface area contributed by atoms with Crippen molar-refractivity contribution in [3.63, 3.8) is 0 Å². The van der Waals surface area contributed by atoms with Crippen molar-refractivity contribution in [3.05, 3.63) is 83.0 Å². The summed E-state index contributed by atoms with van der Waals surface area (Å²) in [5, 5.41) is 36.5. The summed E-state index contributed by atoms with van der Waals surface area (Å²) in [5.74, 6) is 0.0353. The van der Waals surface area contributed by atoms with Gasteiger partial charge in [0.15, 0.2) is 11.3 Å². The molecule has 2 rings (SSSR count). The highest BCUT2D eigenvalue weighted by Crippen LogP contribution is 2.40. The van der Waals surface area contributed by atoms with Crippen molar-refractivity contribution >= 4 is 0 Å². The van der Waals surface area contributed by atoms with Crippen molar-refractivity contribution in [2.75, 3.05) is 13.2 Å². The van der Waals surface area contributed by atoms with E-state index in [-0.39, 0.29) is 23.5 Å². The lowest BCUT2D eigenvalue weighted by molar-refractivity contribution is 0.0954. The first kappa shape index (κ1) is 20.5. The van der Waals surface area contributed by atoms with Gasteiger partial charge in [0.1, 0.15) is 29.4 Å². The lowest BCUT2D eigenvalue weighted by Crippen LogP contribution is -2.20. The molecule has 2 aliphatic rings. The highest BCUT2D eigenvalue weighted by molar-refractivity contribution is 5.60. The van der Waals surface area contributed by atoms with E-state index in [0.717, 1.165) is 5.57 Å². The zero-order valence-corrected chi connectivity index (χ0v) is 15.8. The number of β-amino-alcohol motifs (C(OH)–C–C–N with tert-alkyl or cyclic N) is 1. The van der Waals surface area contributed by atoms with Crippen LogP contribution in [0.1, 0.15) is 13.8 Å². The van der Waals surface area contributed by atoms with Gasteiger partial charge in [-0.1, -0.05) is 30.4 Å². The summed E-state index contributed by atoms with van der Waals surface area (Å²) in [6.45, 7) is 4.22. The highest BCUT2D eigenvalue weighted by Gasteiger charge is 2.38. The summed E-state index contributed by atoms with van der Waals surface area (Å²) >= 11 is 0. The number of hydrogen-bond donors (Lipinski definition) is 1. The Bertz CT molecular complexity index is 935. The van der Waals surface area contributed by atoms with E-state index in [4.69, 9.17) is 20.4 Å². The van der Waals surface area contributed by atoms with Gasteiger partial charge in [-0.25, -0.2) is 0 Å². The van der Waals surface area contributed by atoms with E-state index < -0.39 is 5.60 Å². The molecule has 0 amide bonds. The Balaban J connectivity index is 2.18. The van der Waals surface area contributed by atoms with Gasteiger partial charge in [0.25, 0.3) is 0 Å². The van der Waals surface area contributed by atoms with Gasteiger partial charge in [0, 0.05) is 24.5 Å². The number of allylic oxidation sites excluding steroid dienone is 9. The number of aliphatic hydroxyl groups is 1. The van der Waals surface area contributed by atoms with Crippen LogP contribution in [-0.4, -0.2) is 28.8 Å². The normalized spacial score (nSPS) is 17.6. The Hall–Kier alpha value is -3.79. The minimum atomic E-state index is -0.812. The summed E-state index contributed by atoms with van der Waals surface area (Å²) in [6.07, 6.45) is 16.8. The number of nitrogens with zero attached hydrogens (tertiary/aromatic N) is 4. The quantitative estimate of drug-likeness (QED) is 0.586. The summed E-state index contributed by atoms with van der Waals surface area (Å²) in [6, 6.07) is 5.59. The monoisotopic (exact) mass is 372 g/mol. The fourth-order valence-corrected chi connectivity index (χ4v) is 2.71. The molecule has 0 saturated heterocycles. The molecule has 0 saturated carbocycles. The lowest BCUT2D eigenvalue weighted by Gasteiger charge is -2.20. The summed E-state index contributed by atoms with van der Waals surface area (Å²) in [4.78, 5) is 1.89. The van der Waals surface area contributed by atoms with Gasteiger partial charge in [-0.3, -0.25) is 0 Å². The van der Waals surface area contributed by atoms with Crippen LogP contribution in [0.4, 0.5) is 0 Å². The lowest BCUT2D eigenvalue weighted by atomic mass is 9.95. The van der Waals surface area contributed by atoms with Crippen molar-refractivity contribution in [2.45, 2.75) is 19.4 Å².